The Morgan fingerprint density at radius 1 is 0.395 bits per heavy atom. The Bertz CT molecular complexity index is 1680. The third-order valence-electron chi connectivity index (χ3n) is 6.39. The molecule has 0 radical (unpaired) electrons. The van der Waals surface area contributed by atoms with Crippen LogP contribution in [0.2, 0.25) is 0 Å². The molecule has 1 aromatic heterocycles. The zero-order valence-corrected chi connectivity index (χ0v) is 20.5. The highest BCUT2D eigenvalue weighted by Crippen LogP contribution is 2.37. The van der Waals surface area contributed by atoms with Gasteiger partial charge in [-0.2, -0.15) is 5.26 Å². The molecule has 6 rings (SSSR count). The van der Waals surface area contributed by atoms with Gasteiger partial charge in [0, 0.05) is 22.3 Å². The zero-order chi connectivity index (χ0) is 25.7. The van der Waals surface area contributed by atoms with Crippen LogP contribution in [-0.4, -0.2) is 15.0 Å². The lowest BCUT2D eigenvalue weighted by molar-refractivity contribution is 1.07. The van der Waals surface area contributed by atoms with Crippen LogP contribution in [0.1, 0.15) is 5.56 Å². The monoisotopic (exact) mass is 486 g/mol. The van der Waals surface area contributed by atoms with Crippen LogP contribution in [-0.2, 0) is 0 Å². The van der Waals surface area contributed by atoms with Crippen molar-refractivity contribution in [3.05, 3.63) is 139 Å². The molecule has 0 aliphatic carbocycles. The van der Waals surface area contributed by atoms with Gasteiger partial charge in [-0.15, -0.1) is 0 Å². The van der Waals surface area contributed by atoms with Gasteiger partial charge in [-0.25, -0.2) is 15.0 Å². The lowest BCUT2D eigenvalue weighted by atomic mass is 9.90. The van der Waals surface area contributed by atoms with Gasteiger partial charge in [0.05, 0.1) is 11.6 Å². The van der Waals surface area contributed by atoms with Crippen LogP contribution in [0.4, 0.5) is 0 Å². The van der Waals surface area contributed by atoms with Crippen molar-refractivity contribution < 1.29 is 0 Å². The lowest BCUT2D eigenvalue weighted by Gasteiger charge is -2.15. The summed E-state index contributed by atoms with van der Waals surface area (Å²) in [6.45, 7) is 0. The second kappa shape index (κ2) is 10.3. The van der Waals surface area contributed by atoms with E-state index in [0.29, 0.717) is 23.0 Å². The topological polar surface area (TPSA) is 62.5 Å². The van der Waals surface area contributed by atoms with Crippen LogP contribution < -0.4 is 0 Å². The fraction of sp³-hybridized carbons (Fsp3) is 0. The fourth-order valence-corrected chi connectivity index (χ4v) is 4.52. The highest BCUT2D eigenvalue weighted by atomic mass is 15.0. The van der Waals surface area contributed by atoms with Crippen molar-refractivity contribution >= 4 is 0 Å². The molecule has 4 nitrogen and oxygen atoms in total. The minimum Gasteiger partial charge on any atom is -0.208 e. The van der Waals surface area contributed by atoms with Crippen LogP contribution in [0, 0.1) is 11.3 Å². The molecule has 0 spiro atoms. The van der Waals surface area contributed by atoms with Crippen molar-refractivity contribution in [2.24, 2.45) is 0 Å². The highest BCUT2D eigenvalue weighted by molar-refractivity contribution is 5.88. The third kappa shape index (κ3) is 4.57. The summed E-state index contributed by atoms with van der Waals surface area (Å²) in [5.74, 6) is 1.69. The van der Waals surface area contributed by atoms with Crippen molar-refractivity contribution in [1.29, 1.82) is 5.26 Å². The SMILES string of the molecule is N#Cc1cc(-c2nc(-c3ccccc3)nc(-c3ccccc3)n2)c(-c2ccccc2)cc1-c1ccccc1. The summed E-state index contributed by atoms with van der Waals surface area (Å²) in [6.07, 6.45) is 0. The van der Waals surface area contributed by atoms with E-state index in [4.69, 9.17) is 15.0 Å². The zero-order valence-electron chi connectivity index (χ0n) is 20.5. The van der Waals surface area contributed by atoms with Crippen molar-refractivity contribution in [3.63, 3.8) is 0 Å². The average molecular weight is 487 g/mol. The molecule has 178 valence electrons. The number of aromatic nitrogens is 3. The summed E-state index contributed by atoms with van der Waals surface area (Å²) in [5, 5.41) is 10.2. The summed E-state index contributed by atoms with van der Waals surface area (Å²) in [6, 6.07) is 46.3. The molecule has 1 heterocycles. The number of nitrogens with zero attached hydrogens (tertiary/aromatic N) is 4. The maximum Gasteiger partial charge on any atom is 0.164 e. The van der Waals surface area contributed by atoms with Crippen LogP contribution in [0.15, 0.2) is 133 Å². The van der Waals surface area contributed by atoms with E-state index in [1.165, 1.54) is 0 Å². The first kappa shape index (κ1) is 23.0. The van der Waals surface area contributed by atoms with Gasteiger partial charge in [0.1, 0.15) is 0 Å². The Labute approximate surface area is 221 Å². The van der Waals surface area contributed by atoms with Crippen molar-refractivity contribution in [2.75, 3.05) is 0 Å². The average Bonchev–Trinajstić information content (AvgIpc) is 3.02. The Kier molecular flexibility index (Phi) is 6.24. The van der Waals surface area contributed by atoms with Gasteiger partial charge in [-0.05, 0) is 28.8 Å². The third-order valence-corrected chi connectivity index (χ3v) is 6.39. The van der Waals surface area contributed by atoms with E-state index in [0.717, 1.165) is 38.9 Å². The summed E-state index contributed by atoms with van der Waals surface area (Å²) in [5.41, 5.74) is 6.97. The number of hydrogen-bond acceptors (Lipinski definition) is 4. The maximum absolute atomic E-state index is 10.2. The summed E-state index contributed by atoms with van der Waals surface area (Å²) < 4.78 is 0. The van der Waals surface area contributed by atoms with E-state index in [1.54, 1.807) is 0 Å². The first-order valence-corrected chi connectivity index (χ1v) is 12.4. The molecule has 0 bridgehead atoms. The number of benzene rings is 5. The Hall–Kier alpha value is -5.40. The van der Waals surface area contributed by atoms with E-state index in [2.05, 4.69) is 24.3 Å². The second-order valence-electron chi connectivity index (χ2n) is 8.83. The minimum absolute atomic E-state index is 0.521. The standard InChI is InChI=1S/C34H22N4/c35-23-28-21-31(30(25-15-7-2-8-16-25)22-29(28)24-13-5-1-6-14-24)34-37-32(26-17-9-3-10-18-26)36-33(38-34)27-19-11-4-12-20-27/h1-22H. The van der Waals surface area contributed by atoms with Gasteiger partial charge in [0.15, 0.2) is 17.5 Å². The smallest absolute Gasteiger partial charge is 0.164 e. The molecule has 0 saturated carbocycles. The summed E-state index contributed by atoms with van der Waals surface area (Å²) in [4.78, 5) is 14.7. The van der Waals surface area contributed by atoms with Gasteiger partial charge in [-0.3, -0.25) is 0 Å². The molecule has 0 unspecified atom stereocenters. The maximum atomic E-state index is 10.2. The van der Waals surface area contributed by atoms with Crippen molar-refractivity contribution in [1.82, 2.24) is 15.0 Å². The minimum atomic E-state index is 0.521. The molecule has 0 amide bonds. The highest BCUT2D eigenvalue weighted by Gasteiger charge is 2.19. The molecule has 0 aliphatic heterocycles. The molecule has 0 saturated heterocycles. The van der Waals surface area contributed by atoms with Gasteiger partial charge >= 0.3 is 0 Å². The van der Waals surface area contributed by atoms with Gasteiger partial charge in [0.25, 0.3) is 0 Å². The molecule has 4 heteroatoms. The second-order valence-corrected chi connectivity index (χ2v) is 8.83. The normalized spacial score (nSPS) is 10.6. The molecule has 0 fully saturated rings. The van der Waals surface area contributed by atoms with E-state index in [-0.39, 0.29) is 0 Å². The Balaban J connectivity index is 1.64. The van der Waals surface area contributed by atoms with Gasteiger partial charge < -0.3 is 0 Å². The predicted octanol–water partition coefficient (Wildman–Crippen LogP) is 8.08. The Morgan fingerprint density at radius 2 is 0.789 bits per heavy atom. The van der Waals surface area contributed by atoms with Crippen molar-refractivity contribution in [2.45, 2.75) is 0 Å². The molecular formula is C34H22N4. The molecule has 0 N–H and O–H groups in total. The Morgan fingerprint density at radius 3 is 1.24 bits per heavy atom. The van der Waals surface area contributed by atoms with E-state index >= 15 is 0 Å². The van der Waals surface area contributed by atoms with Crippen LogP contribution in [0.3, 0.4) is 0 Å². The lowest BCUT2D eigenvalue weighted by Crippen LogP contribution is -2.02. The van der Waals surface area contributed by atoms with Gasteiger partial charge in [0.2, 0.25) is 0 Å². The van der Waals surface area contributed by atoms with Crippen molar-refractivity contribution in [3.8, 4) is 62.5 Å². The molecule has 5 aromatic carbocycles. The van der Waals surface area contributed by atoms with Crippen LogP contribution >= 0.6 is 0 Å². The quantitative estimate of drug-likeness (QED) is 0.247. The molecule has 38 heavy (non-hydrogen) atoms. The molecule has 0 atom stereocenters. The van der Waals surface area contributed by atoms with Crippen LogP contribution in [0.25, 0.3) is 56.4 Å². The first-order chi connectivity index (χ1) is 18.8. The van der Waals surface area contributed by atoms with E-state index in [9.17, 15) is 5.26 Å². The molecule has 0 aliphatic rings. The largest absolute Gasteiger partial charge is 0.208 e. The number of hydrogen-bond donors (Lipinski definition) is 0. The van der Waals surface area contributed by atoms with Crippen LogP contribution in [0.5, 0.6) is 0 Å². The summed E-state index contributed by atoms with van der Waals surface area (Å²) in [7, 11) is 0. The number of rotatable bonds is 5. The number of nitriles is 1. The fourth-order valence-electron chi connectivity index (χ4n) is 4.52. The molecule has 6 aromatic rings. The summed E-state index contributed by atoms with van der Waals surface area (Å²) >= 11 is 0. The first-order valence-electron chi connectivity index (χ1n) is 12.4. The predicted molar refractivity (Wildman–Crippen MR) is 152 cm³/mol. The van der Waals surface area contributed by atoms with E-state index in [1.807, 2.05) is 115 Å². The van der Waals surface area contributed by atoms with Gasteiger partial charge in [-0.1, -0.05) is 121 Å². The van der Waals surface area contributed by atoms with E-state index < -0.39 is 0 Å². The molecular weight excluding hydrogens is 464 g/mol.